The van der Waals surface area contributed by atoms with Crippen LogP contribution in [-0.4, -0.2) is 58.7 Å². The molecular weight excluding hydrogens is 571 g/mol. The van der Waals surface area contributed by atoms with E-state index in [1.807, 2.05) is 17.8 Å². The van der Waals surface area contributed by atoms with Crippen LogP contribution in [0.25, 0.3) is 0 Å². The SMILES string of the molecule is Cc1cc(C)c2c(c1)[C@H](n1cc(C3CCN(C(=O)c4c(Cl)ccc(S(=O)(=O)C(C)C)c4Cl)C(C)C3)nn1)CCO2. The fourth-order valence-corrected chi connectivity index (χ4v) is 7.83. The van der Waals surface area contributed by atoms with Gasteiger partial charge in [-0.1, -0.05) is 46.1 Å². The van der Waals surface area contributed by atoms with E-state index in [1.165, 1.54) is 17.7 Å². The van der Waals surface area contributed by atoms with Gasteiger partial charge in [-0.2, -0.15) is 0 Å². The van der Waals surface area contributed by atoms with E-state index < -0.39 is 15.1 Å². The molecule has 3 atom stereocenters. The van der Waals surface area contributed by atoms with E-state index in [1.54, 1.807) is 18.7 Å². The Morgan fingerprint density at radius 1 is 1.15 bits per heavy atom. The number of ether oxygens (including phenoxy) is 1. The molecule has 40 heavy (non-hydrogen) atoms. The number of halogens is 2. The highest BCUT2D eigenvalue weighted by Crippen LogP contribution is 2.40. The standard InChI is InChI=1S/C29H34Cl2N4O4S/c1-16(2)40(37,38)25-7-6-22(30)26(27(25)31)29(36)34-10-8-20(14-19(34)5)23-15-35(33-32-23)24-9-11-39-28-18(4)12-17(3)13-21(24)28/h6-7,12-13,15-16,19-20,24H,8-11,14H2,1-5H3/t19?,20?,24-/m1/s1. The minimum absolute atomic E-state index is 0.0325. The summed E-state index contributed by atoms with van der Waals surface area (Å²) >= 11 is 12.9. The fourth-order valence-electron chi connectivity index (χ4n) is 5.85. The first-order valence-electron chi connectivity index (χ1n) is 13.6. The Hall–Kier alpha value is -2.62. The molecular formula is C29H34Cl2N4O4S. The monoisotopic (exact) mass is 604 g/mol. The normalized spacial score (nSPS) is 21.3. The second-order valence-electron chi connectivity index (χ2n) is 11.2. The Morgan fingerprint density at radius 3 is 2.60 bits per heavy atom. The number of aromatic nitrogens is 3. The van der Waals surface area contributed by atoms with E-state index in [0.717, 1.165) is 29.0 Å². The molecule has 0 spiro atoms. The summed E-state index contributed by atoms with van der Waals surface area (Å²) in [6, 6.07) is 7.02. The number of carbonyl (C=O) groups is 1. The Bertz CT molecular complexity index is 1570. The van der Waals surface area contributed by atoms with Gasteiger partial charge in [-0.3, -0.25) is 4.79 Å². The van der Waals surface area contributed by atoms with Crippen molar-refractivity contribution in [1.29, 1.82) is 0 Å². The van der Waals surface area contributed by atoms with Crippen LogP contribution in [0.15, 0.2) is 35.4 Å². The second kappa shape index (κ2) is 11.0. The van der Waals surface area contributed by atoms with E-state index in [0.29, 0.717) is 26.0 Å². The summed E-state index contributed by atoms with van der Waals surface area (Å²) < 4.78 is 33.6. The number of aryl methyl sites for hydroxylation is 2. The molecule has 2 aliphatic heterocycles. The Morgan fingerprint density at radius 2 is 1.90 bits per heavy atom. The van der Waals surface area contributed by atoms with E-state index in [9.17, 15) is 13.2 Å². The molecule has 11 heteroatoms. The molecule has 0 saturated carbocycles. The molecule has 1 aromatic heterocycles. The highest BCUT2D eigenvalue weighted by atomic mass is 35.5. The van der Waals surface area contributed by atoms with Crippen LogP contribution in [0.4, 0.5) is 0 Å². The minimum atomic E-state index is -3.69. The van der Waals surface area contributed by atoms with Gasteiger partial charge in [-0.15, -0.1) is 5.10 Å². The van der Waals surface area contributed by atoms with Gasteiger partial charge in [0, 0.05) is 36.7 Å². The summed E-state index contributed by atoms with van der Waals surface area (Å²) in [5.74, 6) is 0.696. The lowest BCUT2D eigenvalue weighted by atomic mass is 9.89. The maximum absolute atomic E-state index is 13.6. The molecule has 3 heterocycles. The maximum Gasteiger partial charge on any atom is 0.257 e. The van der Waals surface area contributed by atoms with E-state index in [2.05, 4.69) is 36.3 Å². The zero-order chi connectivity index (χ0) is 28.9. The van der Waals surface area contributed by atoms with Crippen LogP contribution < -0.4 is 4.74 Å². The molecule has 2 unspecified atom stereocenters. The summed E-state index contributed by atoms with van der Waals surface area (Å²) in [6.45, 7) is 10.4. The number of sulfone groups is 1. The van der Waals surface area contributed by atoms with Crippen LogP contribution in [0.5, 0.6) is 5.75 Å². The second-order valence-corrected chi connectivity index (χ2v) is 14.4. The number of piperidine rings is 1. The molecule has 0 aliphatic carbocycles. The average Bonchev–Trinajstić information content (AvgIpc) is 3.38. The number of likely N-dealkylation sites (tertiary alicyclic amines) is 1. The first-order chi connectivity index (χ1) is 18.9. The molecule has 0 N–H and O–H groups in total. The van der Waals surface area contributed by atoms with Crippen molar-refractivity contribution in [2.75, 3.05) is 13.2 Å². The van der Waals surface area contributed by atoms with E-state index in [-0.39, 0.29) is 44.4 Å². The van der Waals surface area contributed by atoms with E-state index in [4.69, 9.17) is 27.9 Å². The van der Waals surface area contributed by atoms with Crippen LogP contribution >= 0.6 is 23.2 Å². The fraction of sp³-hybridized carbons (Fsp3) is 0.483. The molecule has 0 bridgehead atoms. The Balaban J connectivity index is 1.35. The van der Waals surface area contributed by atoms with Gasteiger partial charge in [0.1, 0.15) is 5.75 Å². The van der Waals surface area contributed by atoms with Crippen LogP contribution in [0, 0.1) is 13.8 Å². The number of benzene rings is 2. The van der Waals surface area contributed by atoms with Crippen molar-refractivity contribution >= 4 is 38.9 Å². The number of hydrogen-bond acceptors (Lipinski definition) is 6. The number of nitrogens with zero attached hydrogens (tertiary/aromatic N) is 4. The van der Waals surface area contributed by atoms with Gasteiger partial charge in [-0.05, 0) is 65.2 Å². The predicted octanol–water partition coefficient (Wildman–Crippen LogP) is 6.16. The third-order valence-corrected chi connectivity index (χ3v) is 11.1. The van der Waals surface area contributed by atoms with Crippen molar-refractivity contribution in [3.63, 3.8) is 0 Å². The van der Waals surface area contributed by atoms with Crippen molar-refractivity contribution in [2.45, 2.75) is 82.0 Å². The predicted molar refractivity (Wildman–Crippen MR) is 155 cm³/mol. The zero-order valence-corrected chi connectivity index (χ0v) is 25.6. The Labute approximate surface area is 245 Å². The van der Waals surface area contributed by atoms with Gasteiger partial charge >= 0.3 is 0 Å². The number of fused-ring (bicyclic) bond motifs is 1. The maximum atomic E-state index is 13.6. The lowest BCUT2D eigenvalue weighted by Crippen LogP contribution is -2.44. The first kappa shape index (κ1) is 28.9. The number of hydrogen-bond donors (Lipinski definition) is 0. The molecule has 1 saturated heterocycles. The van der Waals surface area contributed by atoms with Crippen molar-refractivity contribution in [2.24, 2.45) is 0 Å². The summed E-state index contributed by atoms with van der Waals surface area (Å²) in [5.41, 5.74) is 4.37. The van der Waals surface area contributed by atoms with Crippen molar-refractivity contribution in [3.8, 4) is 5.75 Å². The smallest absolute Gasteiger partial charge is 0.257 e. The molecule has 1 amide bonds. The van der Waals surface area contributed by atoms with Crippen molar-refractivity contribution < 1.29 is 17.9 Å². The number of rotatable bonds is 5. The molecule has 3 aromatic rings. The highest BCUT2D eigenvalue weighted by molar-refractivity contribution is 7.92. The van der Waals surface area contributed by atoms with Crippen LogP contribution in [0.1, 0.15) is 84.7 Å². The van der Waals surface area contributed by atoms with Crippen LogP contribution in [0.2, 0.25) is 10.0 Å². The summed E-state index contributed by atoms with van der Waals surface area (Å²) in [4.78, 5) is 15.3. The quantitative estimate of drug-likeness (QED) is 0.346. The molecule has 0 radical (unpaired) electrons. The summed E-state index contributed by atoms with van der Waals surface area (Å²) in [6.07, 6.45) is 4.22. The highest BCUT2D eigenvalue weighted by Gasteiger charge is 2.35. The first-order valence-corrected chi connectivity index (χ1v) is 15.9. The van der Waals surface area contributed by atoms with Gasteiger partial charge < -0.3 is 9.64 Å². The van der Waals surface area contributed by atoms with Crippen molar-refractivity contribution in [1.82, 2.24) is 19.9 Å². The minimum Gasteiger partial charge on any atom is -0.493 e. The van der Waals surface area contributed by atoms with Crippen molar-refractivity contribution in [3.05, 3.63) is 68.5 Å². The lowest BCUT2D eigenvalue weighted by molar-refractivity contribution is 0.0614. The molecule has 8 nitrogen and oxygen atoms in total. The van der Waals surface area contributed by atoms with E-state index >= 15 is 0 Å². The largest absolute Gasteiger partial charge is 0.493 e. The molecule has 5 rings (SSSR count). The van der Waals surface area contributed by atoms with Crippen LogP contribution in [-0.2, 0) is 9.84 Å². The van der Waals surface area contributed by atoms with Gasteiger partial charge in [0.2, 0.25) is 0 Å². The number of amides is 1. The molecule has 2 aliphatic rings. The lowest BCUT2D eigenvalue weighted by Gasteiger charge is -2.37. The van der Waals surface area contributed by atoms with Gasteiger partial charge in [0.15, 0.2) is 9.84 Å². The molecule has 2 aromatic carbocycles. The average molecular weight is 606 g/mol. The molecule has 1 fully saturated rings. The van der Waals surface area contributed by atoms with Crippen LogP contribution in [0.3, 0.4) is 0 Å². The van der Waals surface area contributed by atoms with Gasteiger partial charge in [-0.25, -0.2) is 13.1 Å². The molecule has 214 valence electrons. The van der Waals surface area contributed by atoms with Gasteiger partial charge in [0.25, 0.3) is 5.91 Å². The number of carbonyl (C=O) groups excluding carboxylic acids is 1. The summed E-state index contributed by atoms with van der Waals surface area (Å²) in [7, 11) is -3.69. The third kappa shape index (κ3) is 5.12. The Kier molecular flexibility index (Phi) is 7.94. The zero-order valence-electron chi connectivity index (χ0n) is 23.3. The van der Waals surface area contributed by atoms with Gasteiger partial charge in [0.05, 0.1) is 44.1 Å². The summed E-state index contributed by atoms with van der Waals surface area (Å²) in [5, 5.41) is 8.38. The third-order valence-electron chi connectivity index (χ3n) is 8.04. The topological polar surface area (TPSA) is 94.4 Å².